The lowest BCUT2D eigenvalue weighted by Gasteiger charge is -2.08. The molecular weight excluding hydrogens is 530 g/mol. The number of carbonyl (C=O) groups excluding carboxylic acids is 2. The molecule has 242 valence electrons. The van der Waals surface area contributed by atoms with Gasteiger partial charge in [-0.05, 0) is 12.8 Å². The molecule has 41 heavy (non-hydrogen) atoms. The molecule has 0 aromatic rings. The summed E-state index contributed by atoms with van der Waals surface area (Å²) in [6.45, 7) is 6.56. The molecule has 10 nitrogen and oxygen atoms in total. The van der Waals surface area contributed by atoms with Crippen LogP contribution in [0.25, 0.3) is 0 Å². The van der Waals surface area contributed by atoms with Gasteiger partial charge >= 0.3 is 11.9 Å². The smallest absolute Gasteiger partial charge is 0.305 e. The van der Waals surface area contributed by atoms with Crippen LogP contribution >= 0.6 is 0 Å². The Kier molecular flexibility index (Phi) is 31.4. The van der Waals surface area contributed by atoms with Gasteiger partial charge in [-0.1, -0.05) is 84.0 Å². The van der Waals surface area contributed by atoms with Crippen LogP contribution in [0.5, 0.6) is 0 Å². The van der Waals surface area contributed by atoms with Gasteiger partial charge in [0.15, 0.2) is 0 Å². The molecule has 0 aromatic carbocycles. The Morgan fingerprint density at radius 1 is 0.512 bits per heavy atom. The molecule has 1 amide bonds. The van der Waals surface area contributed by atoms with Crippen LogP contribution in [0.4, 0.5) is 0 Å². The average Bonchev–Trinajstić information content (AvgIpc) is 2.96. The van der Waals surface area contributed by atoms with Crippen molar-refractivity contribution in [2.45, 2.75) is 116 Å². The molecule has 0 rings (SSSR count). The summed E-state index contributed by atoms with van der Waals surface area (Å²) in [6.07, 6.45) is 17.7. The summed E-state index contributed by atoms with van der Waals surface area (Å²) in [5, 5.41) is 11.2. The van der Waals surface area contributed by atoms with E-state index in [4.69, 9.17) is 28.8 Å². The van der Waals surface area contributed by atoms with E-state index in [2.05, 4.69) is 12.2 Å². The zero-order valence-electron chi connectivity index (χ0n) is 25.8. The molecule has 0 heterocycles. The van der Waals surface area contributed by atoms with Crippen LogP contribution in [-0.2, 0) is 38.1 Å². The fraction of sp³-hybridized carbons (Fsp3) is 0.903. The average molecular weight is 590 g/mol. The van der Waals surface area contributed by atoms with Crippen LogP contribution in [-0.4, -0.2) is 89.0 Å². The number of carboxylic acid groups (broad SMARTS) is 1. The Bertz CT molecular complexity index is 604. The highest BCUT2D eigenvalue weighted by atomic mass is 16.6. The maximum absolute atomic E-state index is 11.8. The standard InChI is InChI=1S/C31H59NO9/c1-2-3-4-5-6-7-8-9-10-11-12-13-14-16-31(36)41-28-27-40-26-25-39-24-23-38-22-21-37-20-15-19-32-29(33)17-18-30(34)35/h2-28H2,1H3,(H,32,33)(H,34,35). The van der Waals surface area contributed by atoms with E-state index in [0.717, 1.165) is 12.8 Å². The topological polar surface area (TPSA) is 130 Å². The number of rotatable bonds is 33. The Hall–Kier alpha value is -1.75. The molecule has 0 radical (unpaired) electrons. The van der Waals surface area contributed by atoms with Gasteiger partial charge in [-0.15, -0.1) is 0 Å². The van der Waals surface area contributed by atoms with Crippen LogP contribution in [0.1, 0.15) is 116 Å². The lowest BCUT2D eigenvalue weighted by atomic mass is 10.0. The first-order valence-corrected chi connectivity index (χ1v) is 16.0. The first kappa shape index (κ1) is 39.2. The van der Waals surface area contributed by atoms with Crippen LogP contribution in [0, 0.1) is 0 Å². The summed E-state index contributed by atoms with van der Waals surface area (Å²) >= 11 is 0. The Balaban J connectivity index is 3.19. The molecule has 0 bridgehead atoms. The Morgan fingerprint density at radius 3 is 1.44 bits per heavy atom. The first-order chi connectivity index (χ1) is 20.1. The minimum atomic E-state index is -0.980. The van der Waals surface area contributed by atoms with Crippen molar-refractivity contribution in [2.24, 2.45) is 0 Å². The lowest BCUT2D eigenvalue weighted by Crippen LogP contribution is -2.25. The summed E-state index contributed by atoms with van der Waals surface area (Å²) in [5.74, 6) is -1.39. The molecule has 0 aliphatic carbocycles. The molecule has 0 aromatic heterocycles. The third-order valence-corrected chi connectivity index (χ3v) is 6.44. The zero-order chi connectivity index (χ0) is 30.1. The Labute approximate surface area is 248 Å². The third kappa shape index (κ3) is 34.4. The molecule has 0 fully saturated rings. The quantitative estimate of drug-likeness (QED) is 0.0758. The fourth-order valence-corrected chi connectivity index (χ4v) is 4.05. The monoisotopic (exact) mass is 589 g/mol. The zero-order valence-corrected chi connectivity index (χ0v) is 25.8. The maximum atomic E-state index is 11.8. The van der Waals surface area contributed by atoms with Gasteiger partial charge in [-0.25, -0.2) is 0 Å². The highest BCUT2D eigenvalue weighted by Gasteiger charge is 2.04. The molecule has 0 saturated heterocycles. The molecule has 2 N–H and O–H groups in total. The molecule has 0 unspecified atom stereocenters. The summed E-state index contributed by atoms with van der Waals surface area (Å²) in [7, 11) is 0. The molecule has 10 heteroatoms. The van der Waals surface area contributed by atoms with Crippen LogP contribution < -0.4 is 5.32 Å². The first-order valence-electron chi connectivity index (χ1n) is 16.0. The number of aliphatic carboxylic acids is 1. The normalized spacial score (nSPS) is 11.0. The van der Waals surface area contributed by atoms with E-state index >= 15 is 0 Å². The number of hydrogen-bond donors (Lipinski definition) is 2. The van der Waals surface area contributed by atoms with E-state index in [1.54, 1.807) is 0 Å². The van der Waals surface area contributed by atoms with E-state index in [1.165, 1.54) is 70.6 Å². The third-order valence-electron chi connectivity index (χ3n) is 6.44. The van der Waals surface area contributed by atoms with Crippen molar-refractivity contribution in [2.75, 3.05) is 66.0 Å². The minimum absolute atomic E-state index is 0.00671. The van der Waals surface area contributed by atoms with Crippen LogP contribution in [0.2, 0.25) is 0 Å². The van der Waals surface area contributed by atoms with Crippen molar-refractivity contribution < 1.29 is 43.2 Å². The van der Waals surface area contributed by atoms with Crippen LogP contribution in [0.15, 0.2) is 0 Å². The lowest BCUT2D eigenvalue weighted by molar-refractivity contribution is -0.145. The van der Waals surface area contributed by atoms with Gasteiger partial charge < -0.3 is 34.1 Å². The van der Waals surface area contributed by atoms with E-state index in [0.29, 0.717) is 72.2 Å². The van der Waals surface area contributed by atoms with Crippen molar-refractivity contribution in [1.29, 1.82) is 0 Å². The second-order valence-electron chi connectivity index (χ2n) is 10.3. The van der Waals surface area contributed by atoms with Crippen molar-refractivity contribution in [3.05, 3.63) is 0 Å². The van der Waals surface area contributed by atoms with E-state index in [9.17, 15) is 14.4 Å². The van der Waals surface area contributed by atoms with Crippen molar-refractivity contribution in [3.63, 3.8) is 0 Å². The highest BCUT2D eigenvalue weighted by Crippen LogP contribution is 2.13. The molecule has 0 aliphatic rings. The van der Waals surface area contributed by atoms with Crippen molar-refractivity contribution in [1.82, 2.24) is 5.32 Å². The number of esters is 1. The summed E-state index contributed by atoms with van der Waals surface area (Å²) in [4.78, 5) is 33.5. The minimum Gasteiger partial charge on any atom is -0.481 e. The summed E-state index contributed by atoms with van der Waals surface area (Å²) in [5.41, 5.74) is 0. The van der Waals surface area contributed by atoms with Crippen molar-refractivity contribution >= 4 is 17.8 Å². The summed E-state index contributed by atoms with van der Waals surface area (Å²) in [6, 6.07) is 0. The Morgan fingerprint density at radius 2 is 0.951 bits per heavy atom. The SMILES string of the molecule is CCCCCCCCCCCCCCCC(=O)OCCOCCOCCOCCOCCCNC(=O)CCC(=O)O. The molecule has 0 aliphatic heterocycles. The van der Waals surface area contributed by atoms with Gasteiger partial charge in [0.1, 0.15) is 6.61 Å². The summed E-state index contributed by atoms with van der Waals surface area (Å²) < 4.78 is 26.9. The molecule has 0 spiro atoms. The number of nitrogens with one attached hydrogen (secondary N) is 1. The number of carboxylic acids is 1. The highest BCUT2D eigenvalue weighted by molar-refractivity contribution is 5.80. The van der Waals surface area contributed by atoms with Gasteiger partial charge in [-0.2, -0.15) is 0 Å². The maximum Gasteiger partial charge on any atom is 0.305 e. The number of unbranched alkanes of at least 4 members (excludes halogenated alkanes) is 12. The van der Waals surface area contributed by atoms with Crippen molar-refractivity contribution in [3.8, 4) is 0 Å². The predicted molar refractivity (Wildman–Crippen MR) is 159 cm³/mol. The van der Waals surface area contributed by atoms with Gasteiger partial charge in [0, 0.05) is 26.0 Å². The van der Waals surface area contributed by atoms with Gasteiger partial charge in [-0.3, -0.25) is 14.4 Å². The van der Waals surface area contributed by atoms with E-state index < -0.39 is 5.97 Å². The number of amides is 1. The van der Waals surface area contributed by atoms with Gasteiger partial charge in [0.2, 0.25) is 5.91 Å². The number of carbonyl (C=O) groups is 3. The second-order valence-corrected chi connectivity index (χ2v) is 10.3. The molecule has 0 saturated carbocycles. The second kappa shape index (κ2) is 32.8. The predicted octanol–water partition coefficient (Wildman–Crippen LogP) is 5.45. The van der Waals surface area contributed by atoms with Gasteiger partial charge in [0.25, 0.3) is 0 Å². The van der Waals surface area contributed by atoms with E-state index in [1.807, 2.05) is 0 Å². The fourth-order valence-electron chi connectivity index (χ4n) is 4.05. The molecular formula is C31H59NO9. The molecule has 0 atom stereocenters. The van der Waals surface area contributed by atoms with Gasteiger partial charge in [0.05, 0.1) is 52.7 Å². The van der Waals surface area contributed by atoms with Crippen LogP contribution in [0.3, 0.4) is 0 Å². The number of hydrogen-bond acceptors (Lipinski definition) is 8. The number of ether oxygens (including phenoxy) is 5. The van der Waals surface area contributed by atoms with E-state index in [-0.39, 0.29) is 31.3 Å². The largest absolute Gasteiger partial charge is 0.481 e.